The average molecular weight is 260 g/mol. The van der Waals surface area contributed by atoms with Gasteiger partial charge in [0.15, 0.2) is 0 Å². The summed E-state index contributed by atoms with van der Waals surface area (Å²) in [6, 6.07) is -0.430. The van der Waals surface area contributed by atoms with Gasteiger partial charge in [-0.1, -0.05) is 13.3 Å². The molecule has 98 valence electrons. The molecule has 0 bridgehead atoms. The molecule has 1 aliphatic rings. The van der Waals surface area contributed by atoms with Crippen molar-refractivity contribution in [2.24, 2.45) is 0 Å². The molecule has 1 amide bonds. The molecule has 0 aromatic rings. The number of carboxylic acid groups (broad SMARTS) is 1. The summed E-state index contributed by atoms with van der Waals surface area (Å²) in [5.41, 5.74) is 0. The fourth-order valence-electron chi connectivity index (χ4n) is 1.82. The maximum absolute atomic E-state index is 11.9. The Kier molecular flexibility index (Phi) is 6.36. The van der Waals surface area contributed by atoms with Crippen molar-refractivity contribution in [1.82, 2.24) is 10.6 Å². The molecule has 0 saturated carbocycles. The number of nitrogens with one attached hydrogen (secondary N) is 2. The number of rotatable bonds is 6. The molecule has 0 aliphatic carbocycles. The molecule has 1 rings (SSSR count). The Bertz CT molecular complexity index is 267. The number of thioether (sulfide) groups is 1. The molecule has 2 unspecified atom stereocenters. The molecule has 6 heteroatoms. The van der Waals surface area contributed by atoms with E-state index < -0.39 is 5.97 Å². The third-order valence-corrected chi connectivity index (χ3v) is 3.70. The van der Waals surface area contributed by atoms with Gasteiger partial charge in [-0.3, -0.25) is 9.59 Å². The summed E-state index contributed by atoms with van der Waals surface area (Å²) < 4.78 is 0. The first-order valence-electron chi connectivity index (χ1n) is 5.96. The molecule has 17 heavy (non-hydrogen) atoms. The van der Waals surface area contributed by atoms with Crippen molar-refractivity contribution < 1.29 is 14.7 Å². The SMILES string of the molecule is CCCC(CC(=O)O)NC(=O)C1CSCCN1. The van der Waals surface area contributed by atoms with Crippen LogP contribution in [-0.2, 0) is 9.59 Å². The number of carboxylic acids is 1. The van der Waals surface area contributed by atoms with Crippen molar-refractivity contribution >= 4 is 23.6 Å². The highest BCUT2D eigenvalue weighted by atomic mass is 32.2. The largest absolute Gasteiger partial charge is 0.481 e. The summed E-state index contributed by atoms with van der Waals surface area (Å²) in [6.07, 6.45) is 1.57. The van der Waals surface area contributed by atoms with E-state index in [1.807, 2.05) is 6.92 Å². The van der Waals surface area contributed by atoms with E-state index >= 15 is 0 Å². The zero-order valence-corrected chi connectivity index (χ0v) is 10.9. The second-order valence-corrected chi connectivity index (χ2v) is 5.32. The standard InChI is InChI=1S/C11H20N2O3S/c1-2-3-8(6-10(14)15)13-11(16)9-7-17-5-4-12-9/h8-9,12H,2-7H2,1H3,(H,13,16)(H,14,15). The van der Waals surface area contributed by atoms with Crippen LogP contribution in [-0.4, -0.2) is 47.1 Å². The molecule has 0 aromatic heterocycles. The lowest BCUT2D eigenvalue weighted by Gasteiger charge is -2.25. The fraction of sp³-hybridized carbons (Fsp3) is 0.818. The normalized spacial score (nSPS) is 21.8. The van der Waals surface area contributed by atoms with Gasteiger partial charge < -0.3 is 15.7 Å². The van der Waals surface area contributed by atoms with Crippen molar-refractivity contribution in [3.05, 3.63) is 0 Å². The first-order chi connectivity index (χ1) is 8.13. The second kappa shape index (κ2) is 7.55. The smallest absolute Gasteiger partial charge is 0.305 e. The molecule has 1 aliphatic heterocycles. The van der Waals surface area contributed by atoms with Crippen LogP contribution in [0.1, 0.15) is 26.2 Å². The number of amides is 1. The van der Waals surface area contributed by atoms with Crippen molar-refractivity contribution in [1.29, 1.82) is 0 Å². The van der Waals surface area contributed by atoms with E-state index in [1.165, 1.54) is 0 Å². The Hall–Kier alpha value is -0.750. The minimum absolute atomic E-state index is 0.000553. The van der Waals surface area contributed by atoms with E-state index in [-0.39, 0.29) is 24.4 Å². The lowest BCUT2D eigenvalue weighted by Crippen LogP contribution is -2.51. The summed E-state index contributed by atoms with van der Waals surface area (Å²) in [7, 11) is 0. The van der Waals surface area contributed by atoms with Crippen LogP contribution in [0.3, 0.4) is 0 Å². The van der Waals surface area contributed by atoms with Crippen LogP contribution < -0.4 is 10.6 Å². The van der Waals surface area contributed by atoms with Gasteiger partial charge in [0.2, 0.25) is 5.91 Å². The van der Waals surface area contributed by atoms with E-state index in [0.29, 0.717) is 6.42 Å². The third-order valence-electron chi connectivity index (χ3n) is 2.64. The monoisotopic (exact) mass is 260 g/mol. The predicted molar refractivity (Wildman–Crippen MR) is 68.2 cm³/mol. The number of aliphatic carboxylic acids is 1. The van der Waals surface area contributed by atoms with Crippen LogP contribution in [0.15, 0.2) is 0 Å². The quantitative estimate of drug-likeness (QED) is 0.646. The maximum Gasteiger partial charge on any atom is 0.305 e. The minimum Gasteiger partial charge on any atom is -0.481 e. The number of carbonyl (C=O) groups is 2. The summed E-state index contributed by atoms with van der Waals surface area (Å²) in [6.45, 7) is 2.82. The number of hydrogen-bond donors (Lipinski definition) is 3. The Morgan fingerprint density at radius 1 is 1.59 bits per heavy atom. The van der Waals surface area contributed by atoms with Gasteiger partial charge in [0.25, 0.3) is 0 Å². The maximum atomic E-state index is 11.9. The lowest BCUT2D eigenvalue weighted by atomic mass is 10.1. The molecule has 0 aromatic carbocycles. The van der Waals surface area contributed by atoms with Crippen molar-refractivity contribution in [2.75, 3.05) is 18.1 Å². The molecule has 3 N–H and O–H groups in total. The van der Waals surface area contributed by atoms with Gasteiger partial charge in [0, 0.05) is 24.1 Å². The molecular formula is C11H20N2O3S. The zero-order valence-electron chi connectivity index (χ0n) is 10.1. The van der Waals surface area contributed by atoms with Gasteiger partial charge in [0.05, 0.1) is 12.5 Å². The van der Waals surface area contributed by atoms with Gasteiger partial charge in [0.1, 0.15) is 0 Å². The molecule has 0 spiro atoms. The van der Waals surface area contributed by atoms with E-state index in [4.69, 9.17) is 5.11 Å². The molecule has 5 nitrogen and oxygen atoms in total. The number of carbonyl (C=O) groups excluding carboxylic acids is 1. The van der Waals surface area contributed by atoms with Gasteiger partial charge in [-0.15, -0.1) is 0 Å². The van der Waals surface area contributed by atoms with Gasteiger partial charge in [-0.2, -0.15) is 11.8 Å². The topological polar surface area (TPSA) is 78.4 Å². The van der Waals surface area contributed by atoms with Crippen molar-refractivity contribution in [3.63, 3.8) is 0 Å². The lowest BCUT2D eigenvalue weighted by molar-refractivity contribution is -0.137. The van der Waals surface area contributed by atoms with E-state index in [9.17, 15) is 9.59 Å². The third kappa shape index (κ3) is 5.41. The molecule has 2 atom stereocenters. The Morgan fingerprint density at radius 2 is 2.35 bits per heavy atom. The summed E-state index contributed by atoms with van der Waals surface area (Å²) in [5.74, 6) is 0.848. The van der Waals surface area contributed by atoms with Gasteiger partial charge >= 0.3 is 5.97 Å². The van der Waals surface area contributed by atoms with Gasteiger partial charge in [-0.25, -0.2) is 0 Å². The fourth-order valence-corrected chi connectivity index (χ4v) is 2.75. The van der Waals surface area contributed by atoms with Crippen LogP contribution in [0.25, 0.3) is 0 Å². The average Bonchev–Trinajstić information content (AvgIpc) is 2.29. The number of hydrogen-bond acceptors (Lipinski definition) is 4. The Balaban J connectivity index is 2.41. The summed E-state index contributed by atoms with van der Waals surface area (Å²) in [4.78, 5) is 22.6. The first kappa shape index (κ1) is 14.3. The molecule has 1 fully saturated rings. The predicted octanol–water partition coefficient (Wildman–Crippen LogP) is 0.451. The van der Waals surface area contributed by atoms with E-state index in [1.54, 1.807) is 11.8 Å². The van der Waals surface area contributed by atoms with E-state index in [2.05, 4.69) is 10.6 Å². The highest BCUT2D eigenvalue weighted by molar-refractivity contribution is 7.99. The minimum atomic E-state index is -0.866. The van der Waals surface area contributed by atoms with Gasteiger partial charge in [-0.05, 0) is 6.42 Å². The molecule has 0 radical (unpaired) electrons. The Labute approximate surface area is 106 Å². The van der Waals surface area contributed by atoms with Crippen LogP contribution in [0.5, 0.6) is 0 Å². The summed E-state index contributed by atoms with van der Waals surface area (Å²) in [5, 5.41) is 14.7. The molecule has 1 heterocycles. The highest BCUT2D eigenvalue weighted by Gasteiger charge is 2.23. The van der Waals surface area contributed by atoms with Crippen molar-refractivity contribution in [3.8, 4) is 0 Å². The summed E-state index contributed by atoms with van der Waals surface area (Å²) >= 11 is 1.75. The van der Waals surface area contributed by atoms with Crippen LogP contribution in [0.4, 0.5) is 0 Å². The van der Waals surface area contributed by atoms with Crippen LogP contribution >= 0.6 is 11.8 Å². The molecular weight excluding hydrogens is 240 g/mol. The van der Waals surface area contributed by atoms with Crippen LogP contribution in [0, 0.1) is 0 Å². The Morgan fingerprint density at radius 3 is 2.88 bits per heavy atom. The van der Waals surface area contributed by atoms with E-state index in [0.717, 1.165) is 24.5 Å². The molecule has 1 saturated heterocycles. The zero-order chi connectivity index (χ0) is 12.7. The van der Waals surface area contributed by atoms with Crippen molar-refractivity contribution in [2.45, 2.75) is 38.3 Å². The second-order valence-electron chi connectivity index (χ2n) is 4.17. The highest BCUT2D eigenvalue weighted by Crippen LogP contribution is 2.09. The first-order valence-corrected chi connectivity index (χ1v) is 7.12. The van der Waals surface area contributed by atoms with Crippen LogP contribution in [0.2, 0.25) is 0 Å².